The molecule has 0 radical (unpaired) electrons. The first-order valence-corrected chi connectivity index (χ1v) is 11.1. The molecule has 2 heterocycles. The van der Waals surface area contributed by atoms with Crippen molar-refractivity contribution in [2.45, 2.75) is 59.4 Å². The SMILES string of the molecule is CC.CCC.Fc1cncc(F)c1CNc1cnc(-c2cc3c(cc2Cl)CC(F)(F)C3)cn1. The van der Waals surface area contributed by atoms with E-state index in [2.05, 4.69) is 34.1 Å². The van der Waals surface area contributed by atoms with Crippen LogP contribution in [0.5, 0.6) is 0 Å². The van der Waals surface area contributed by atoms with Crippen LogP contribution in [-0.2, 0) is 19.4 Å². The number of alkyl halides is 2. The molecule has 0 aliphatic heterocycles. The summed E-state index contributed by atoms with van der Waals surface area (Å²) in [4.78, 5) is 11.8. The van der Waals surface area contributed by atoms with E-state index in [0.29, 0.717) is 33.2 Å². The Balaban J connectivity index is 0.000000714. The Morgan fingerprint density at radius 1 is 0.939 bits per heavy atom. The molecule has 0 unspecified atom stereocenters. The van der Waals surface area contributed by atoms with Gasteiger partial charge in [-0.1, -0.05) is 45.7 Å². The fourth-order valence-corrected chi connectivity index (χ4v) is 3.43. The molecule has 0 bridgehead atoms. The predicted molar refractivity (Wildman–Crippen MR) is 124 cm³/mol. The topological polar surface area (TPSA) is 50.7 Å². The predicted octanol–water partition coefficient (Wildman–Crippen LogP) is 7.26. The van der Waals surface area contributed by atoms with Gasteiger partial charge in [-0.3, -0.25) is 9.97 Å². The van der Waals surface area contributed by atoms with E-state index in [4.69, 9.17) is 11.6 Å². The van der Waals surface area contributed by atoms with E-state index in [9.17, 15) is 17.6 Å². The Labute approximate surface area is 196 Å². The summed E-state index contributed by atoms with van der Waals surface area (Å²) in [5, 5.41) is 3.09. The van der Waals surface area contributed by atoms with Gasteiger partial charge in [-0.05, 0) is 23.3 Å². The van der Waals surface area contributed by atoms with Crippen LogP contribution in [0.1, 0.15) is 50.8 Å². The number of anilines is 1. The summed E-state index contributed by atoms with van der Waals surface area (Å²) in [5.74, 6) is -4.00. The molecule has 1 aliphatic carbocycles. The Hall–Kier alpha value is -2.74. The zero-order valence-electron chi connectivity index (χ0n) is 19.0. The van der Waals surface area contributed by atoms with Crippen LogP contribution < -0.4 is 5.32 Å². The lowest BCUT2D eigenvalue weighted by atomic mass is 10.0. The van der Waals surface area contributed by atoms with E-state index in [0.717, 1.165) is 12.4 Å². The maximum atomic E-state index is 13.6. The molecule has 4 nitrogen and oxygen atoms in total. The molecular weight excluding hydrogens is 456 g/mol. The van der Waals surface area contributed by atoms with Crippen molar-refractivity contribution in [1.82, 2.24) is 15.0 Å². The minimum atomic E-state index is -2.76. The molecular formula is C24H27ClF4N4. The lowest BCUT2D eigenvalue weighted by Gasteiger charge is -2.09. The van der Waals surface area contributed by atoms with Gasteiger partial charge in [0.1, 0.15) is 17.5 Å². The maximum absolute atomic E-state index is 13.6. The van der Waals surface area contributed by atoms with Gasteiger partial charge in [-0.25, -0.2) is 22.5 Å². The van der Waals surface area contributed by atoms with E-state index in [1.807, 2.05) is 13.8 Å². The van der Waals surface area contributed by atoms with Crippen molar-refractivity contribution >= 4 is 17.4 Å². The first-order valence-electron chi connectivity index (χ1n) is 10.8. The van der Waals surface area contributed by atoms with Gasteiger partial charge in [-0.15, -0.1) is 0 Å². The molecule has 4 rings (SSSR count). The van der Waals surface area contributed by atoms with E-state index in [1.54, 1.807) is 6.07 Å². The second kappa shape index (κ2) is 11.9. The minimum absolute atomic E-state index is 0.136. The van der Waals surface area contributed by atoms with Crippen LogP contribution in [0.3, 0.4) is 0 Å². The first kappa shape index (κ1) is 26.5. The summed E-state index contributed by atoms with van der Waals surface area (Å²) in [6, 6.07) is 3.15. The molecule has 0 saturated carbocycles. The summed E-state index contributed by atoms with van der Waals surface area (Å²) in [7, 11) is 0. The standard InChI is InChI=1S/C19H13ClF4N4.C3H8.C2H6/c20-14-2-11-4-19(23,24)3-10(11)1-12(14)17-8-28-18(9-26-17)27-5-13-15(21)6-25-7-16(13)22;1-3-2;1-2/h1-2,6-9H,3-5H2,(H,27,28);3H2,1-2H3;1-2H3. The molecule has 0 spiro atoms. The fourth-order valence-electron chi connectivity index (χ4n) is 3.15. The molecule has 0 fully saturated rings. The van der Waals surface area contributed by atoms with Crippen LogP contribution in [0, 0.1) is 11.6 Å². The van der Waals surface area contributed by atoms with Gasteiger partial charge in [0, 0.05) is 30.5 Å². The van der Waals surface area contributed by atoms with E-state index in [-0.39, 0.29) is 24.9 Å². The molecule has 3 aromatic rings. The summed E-state index contributed by atoms with van der Waals surface area (Å²) in [5.41, 5.74) is 1.82. The molecule has 33 heavy (non-hydrogen) atoms. The van der Waals surface area contributed by atoms with Crippen molar-refractivity contribution in [3.63, 3.8) is 0 Å². The average Bonchev–Trinajstić information content (AvgIpc) is 3.08. The Bertz CT molecular complexity index is 1040. The van der Waals surface area contributed by atoms with Crippen LogP contribution >= 0.6 is 11.6 Å². The maximum Gasteiger partial charge on any atom is 0.256 e. The summed E-state index contributed by atoms with van der Waals surface area (Å²) in [6.07, 6.45) is 5.25. The van der Waals surface area contributed by atoms with Gasteiger partial charge in [-0.2, -0.15) is 0 Å². The number of hydrogen-bond donors (Lipinski definition) is 1. The van der Waals surface area contributed by atoms with Crippen molar-refractivity contribution in [2.75, 3.05) is 5.32 Å². The Morgan fingerprint density at radius 2 is 1.52 bits per heavy atom. The van der Waals surface area contributed by atoms with Crippen LogP contribution in [0.2, 0.25) is 5.02 Å². The molecule has 2 aromatic heterocycles. The summed E-state index contributed by atoms with van der Waals surface area (Å²) < 4.78 is 54.4. The highest BCUT2D eigenvalue weighted by molar-refractivity contribution is 6.33. The molecule has 178 valence electrons. The zero-order chi connectivity index (χ0) is 24.6. The zero-order valence-corrected chi connectivity index (χ0v) is 19.8. The number of nitrogens with zero attached hydrogens (tertiary/aromatic N) is 3. The van der Waals surface area contributed by atoms with Gasteiger partial charge in [0.15, 0.2) is 0 Å². The largest absolute Gasteiger partial charge is 0.364 e. The van der Waals surface area contributed by atoms with Gasteiger partial charge in [0.25, 0.3) is 5.92 Å². The van der Waals surface area contributed by atoms with Gasteiger partial charge < -0.3 is 5.32 Å². The summed E-state index contributed by atoms with van der Waals surface area (Å²) in [6.45, 7) is 8.11. The van der Waals surface area contributed by atoms with E-state index >= 15 is 0 Å². The normalized spacial score (nSPS) is 13.2. The average molecular weight is 483 g/mol. The van der Waals surface area contributed by atoms with Gasteiger partial charge in [0.2, 0.25) is 0 Å². The van der Waals surface area contributed by atoms with Gasteiger partial charge in [0.05, 0.1) is 35.5 Å². The monoisotopic (exact) mass is 482 g/mol. The van der Waals surface area contributed by atoms with Crippen LogP contribution in [0.4, 0.5) is 23.4 Å². The van der Waals surface area contributed by atoms with Crippen LogP contribution in [0.15, 0.2) is 36.9 Å². The number of hydrogen-bond acceptors (Lipinski definition) is 4. The lowest BCUT2D eigenvalue weighted by molar-refractivity contribution is 0.0130. The number of rotatable bonds is 4. The van der Waals surface area contributed by atoms with Crippen LogP contribution in [-0.4, -0.2) is 20.9 Å². The highest BCUT2D eigenvalue weighted by Crippen LogP contribution is 2.39. The van der Waals surface area contributed by atoms with Crippen molar-refractivity contribution in [3.8, 4) is 11.3 Å². The third kappa shape index (κ3) is 6.87. The molecule has 1 aromatic carbocycles. The highest BCUT2D eigenvalue weighted by Gasteiger charge is 2.37. The number of aromatic nitrogens is 3. The molecule has 0 saturated heterocycles. The van der Waals surface area contributed by atoms with E-state index in [1.165, 1.54) is 24.9 Å². The second-order valence-corrected chi connectivity index (χ2v) is 7.65. The van der Waals surface area contributed by atoms with E-state index < -0.39 is 17.6 Å². The molecule has 0 amide bonds. The number of nitrogens with one attached hydrogen (secondary N) is 1. The third-order valence-electron chi connectivity index (χ3n) is 4.51. The number of halogens is 5. The highest BCUT2D eigenvalue weighted by atomic mass is 35.5. The van der Waals surface area contributed by atoms with Crippen molar-refractivity contribution < 1.29 is 17.6 Å². The number of benzene rings is 1. The van der Waals surface area contributed by atoms with Crippen molar-refractivity contribution in [3.05, 3.63) is 70.3 Å². The Morgan fingerprint density at radius 3 is 2.06 bits per heavy atom. The number of pyridine rings is 1. The first-order chi connectivity index (χ1) is 15.7. The third-order valence-corrected chi connectivity index (χ3v) is 4.83. The molecule has 1 N–H and O–H groups in total. The lowest BCUT2D eigenvalue weighted by Crippen LogP contribution is -2.14. The second-order valence-electron chi connectivity index (χ2n) is 7.24. The molecule has 0 atom stereocenters. The summed E-state index contributed by atoms with van der Waals surface area (Å²) >= 11 is 6.23. The smallest absolute Gasteiger partial charge is 0.256 e. The van der Waals surface area contributed by atoms with Gasteiger partial charge >= 0.3 is 0 Å². The fraction of sp³-hybridized carbons (Fsp3) is 0.375. The Kier molecular flexibility index (Phi) is 9.58. The molecule has 1 aliphatic rings. The minimum Gasteiger partial charge on any atom is -0.364 e. The quantitative estimate of drug-likeness (QED) is 0.397. The van der Waals surface area contributed by atoms with Crippen LogP contribution in [0.25, 0.3) is 11.3 Å². The van der Waals surface area contributed by atoms with Crippen molar-refractivity contribution in [2.24, 2.45) is 0 Å². The van der Waals surface area contributed by atoms with Crippen molar-refractivity contribution in [1.29, 1.82) is 0 Å². The number of fused-ring (bicyclic) bond motifs is 1. The molecule has 9 heteroatoms.